The van der Waals surface area contributed by atoms with Gasteiger partial charge in [-0.15, -0.1) is 11.3 Å². The molecule has 15 heavy (non-hydrogen) atoms. The van der Waals surface area contributed by atoms with E-state index in [0.29, 0.717) is 6.04 Å². The van der Waals surface area contributed by atoms with E-state index in [2.05, 4.69) is 45.1 Å². The van der Waals surface area contributed by atoms with Gasteiger partial charge in [0.15, 0.2) is 0 Å². The maximum atomic E-state index is 3.60. The average Bonchev–Trinajstić information content (AvgIpc) is 2.73. The molecule has 2 heteroatoms. The third kappa shape index (κ3) is 3.96. The van der Waals surface area contributed by atoms with Crippen molar-refractivity contribution in [2.45, 2.75) is 46.6 Å². The molecule has 0 radical (unpaired) electrons. The van der Waals surface area contributed by atoms with Crippen LogP contribution in [0.2, 0.25) is 0 Å². The smallest absolute Gasteiger partial charge is 0.0386 e. The van der Waals surface area contributed by atoms with Crippen molar-refractivity contribution >= 4 is 11.3 Å². The molecule has 1 N–H and O–H groups in total. The van der Waals surface area contributed by atoms with Crippen molar-refractivity contribution in [3.05, 3.63) is 21.9 Å². The minimum absolute atomic E-state index is 0.504. The van der Waals surface area contributed by atoms with Crippen LogP contribution in [0.3, 0.4) is 0 Å². The first-order chi connectivity index (χ1) is 7.17. The van der Waals surface area contributed by atoms with E-state index in [0.717, 1.165) is 18.9 Å². The van der Waals surface area contributed by atoms with Gasteiger partial charge in [0.25, 0.3) is 0 Å². The molecule has 0 aliphatic heterocycles. The molecule has 1 heterocycles. The Hall–Kier alpha value is -0.340. The Labute approximate surface area is 97.9 Å². The van der Waals surface area contributed by atoms with Crippen molar-refractivity contribution in [2.75, 3.05) is 6.54 Å². The number of hydrogen-bond acceptors (Lipinski definition) is 2. The van der Waals surface area contributed by atoms with E-state index in [9.17, 15) is 0 Å². The Kier molecular flexibility index (Phi) is 5.34. The molecule has 0 saturated heterocycles. The highest BCUT2D eigenvalue weighted by Gasteiger charge is 2.08. The largest absolute Gasteiger partial charge is 0.309 e. The summed E-state index contributed by atoms with van der Waals surface area (Å²) in [4.78, 5) is 2.96. The van der Waals surface area contributed by atoms with Crippen LogP contribution < -0.4 is 5.32 Å². The van der Waals surface area contributed by atoms with Gasteiger partial charge < -0.3 is 5.32 Å². The second-order valence-electron chi connectivity index (χ2n) is 4.30. The molecule has 0 spiro atoms. The van der Waals surface area contributed by atoms with Crippen LogP contribution in [0, 0.1) is 5.92 Å². The van der Waals surface area contributed by atoms with Gasteiger partial charge in [0.05, 0.1) is 0 Å². The monoisotopic (exact) mass is 225 g/mol. The topological polar surface area (TPSA) is 12.0 Å². The van der Waals surface area contributed by atoms with Gasteiger partial charge in [-0.3, -0.25) is 0 Å². The van der Waals surface area contributed by atoms with Gasteiger partial charge in [-0.25, -0.2) is 0 Å². The van der Waals surface area contributed by atoms with Gasteiger partial charge in [0.1, 0.15) is 0 Å². The van der Waals surface area contributed by atoms with E-state index < -0.39 is 0 Å². The Morgan fingerprint density at radius 3 is 2.53 bits per heavy atom. The minimum atomic E-state index is 0.504. The minimum Gasteiger partial charge on any atom is -0.309 e. The van der Waals surface area contributed by atoms with Crippen molar-refractivity contribution in [1.29, 1.82) is 0 Å². The Bertz CT molecular complexity index is 280. The molecular formula is C13H23NS. The van der Waals surface area contributed by atoms with Crippen LogP contribution in [0.25, 0.3) is 0 Å². The summed E-state index contributed by atoms with van der Waals surface area (Å²) < 4.78 is 0. The molecule has 0 amide bonds. The van der Waals surface area contributed by atoms with E-state index >= 15 is 0 Å². The van der Waals surface area contributed by atoms with Gasteiger partial charge in [-0.1, -0.05) is 27.2 Å². The standard InChI is InChI=1S/C13H23NS/c1-5-10(3)9-14-11(4)13-8-7-12(6-2)15-13/h7-8,10-11,14H,5-6,9H2,1-4H3. The lowest BCUT2D eigenvalue weighted by atomic mass is 10.1. The predicted octanol–water partition coefficient (Wildman–Crippen LogP) is 4.01. The Morgan fingerprint density at radius 2 is 2.00 bits per heavy atom. The van der Waals surface area contributed by atoms with E-state index in [4.69, 9.17) is 0 Å². The lowest BCUT2D eigenvalue weighted by Crippen LogP contribution is -2.23. The average molecular weight is 225 g/mol. The summed E-state index contributed by atoms with van der Waals surface area (Å²) in [6, 6.07) is 5.02. The van der Waals surface area contributed by atoms with Gasteiger partial charge >= 0.3 is 0 Å². The van der Waals surface area contributed by atoms with E-state index in [1.807, 2.05) is 11.3 Å². The Balaban J connectivity index is 2.42. The molecule has 0 fully saturated rings. The van der Waals surface area contributed by atoms with Crippen LogP contribution in [0.15, 0.2) is 12.1 Å². The van der Waals surface area contributed by atoms with Crippen molar-refractivity contribution in [3.8, 4) is 0 Å². The molecule has 2 unspecified atom stereocenters. The second kappa shape index (κ2) is 6.29. The van der Waals surface area contributed by atoms with Crippen molar-refractivity contribution in [3.63, 3.8) is 0 Å². The number of aryl methyl sites for hydroxylation is 1. The lowest BCUT2D eigenvalue weighted by molar-refractivity contribution is 0.464. The lowest BCUT2D eigenvalue weighted by Gasteiger charge is -2.15. The van der Waals surface area contributed by atoms with Crippen LogP contribution >= 0.6 is 11.3 Å². The first kappa shape index (κ1) is 12.7. The maximum Gasteiger partial charge on any atom is 0.0386 e. The summed E-state index contributed by atoms with van der Waals surface area (Å²) in [6.45, 7) is 10.1. The summed E-state index contributed by atoms with van der Waals surface area (Å²) in [6.07, 6.45) is 2.41. The molecule has 2 atom stereocenters. The van der Waals surface area contributed by atoms with Crippen LogP contribution in [0.5, 0.6) is 0 Å². The molecule has 1 aromatic rings. The molecule has 1 nitrogen and oxygen atoms in total. The maximum absolute atomic E-state index is 3.60. The van der Waals surface area contributed by atoms with Gasteiger partial charge in [-0.2, -0.15) is 0 Å². The molecule has 0 aromatic carbocycles. The zero-order chi connectivity index (χ0) is 11.3. The molecule has 86 valence electrons. The molecule has 1 aromatic heterocycles. The fraction of sp³-hybridized carbons (Fsp3) is 0.692. The zero-order valence-corrected chi connectivity index (χ0v) is 11.2. The molecule has 0 saturated carbocycles. The highest BCUT2D eigenvalue weighted by molar-refractivity contribution is 7.12. The number of nitrogens with one attached hydrogen (secondary N) is 1. The zero-order valence-electron chi connectivity index (χ0n) is 10.3. The highest BCUT2D eigenvalue weighted by Crippen LogP contribution is 2.23. The van der Waals surface area contributed by atoms with Gasteiger partial charge in [-0.05, 0) is 37.9 Å². The van der Waals surface area contributed by atoms with Crippen LogP contribution in [0.4, 0.5) is 0 Å². The quantitative estimate of drug-likeness (QED) is 0.771. The third-order valence-electron chi connectivity index (χ3n) is 2.93. The van der Waals surface area contributed by atoms with Crippen molar-refractivity contribution < 1.29 is 0 Å². The molecule has 0 bridgehead atoms. The summed E-state index contributed by atoms with van der Waals surface area (Å²) in [7, 11) is 0. The summed E-state index contributed by atoms with van der Waals surface area (Å²) in [5, 5.41) is 3.60. The fourth-order valence-electron chi connectivity index (χ4n) is 1.44. The summed E-state index contributed by atoms with van der Waals surface area (Å²) >= 11 is 1.94. The van der Waals surface area contributed by atoms with Crippen molar-refractivity contribution in [1.82, 2.24) is 5.32 Å². The third-order valence-corrected chi connectivity index (χ3v) is 4.34. The van der Waals surface area contributed by atoms with Crippen LogP contribution in [0.1, 0.15) is 49.9 Å². The van der Waals surface area contributed by atoms with E-state index in [1.165, 1.54) is 16.2 Å². The summed E-state index contributed by atoms with van der Waals surface area (Å²) in [5.41, 5.74) is 0. The number of thiophene rings is 1. The second-order valence-corrected chi connectivity index (χ2v) is 5.50. The van der Waals surface area contributed by atoms with Gasteiger partial charge in [0.2, 0.25) is 0 Å². The molecule has 1 rings (SSSR count). The predicted molar refractivity (Wildman–Crippen MR) is 69.6 cm³/mol. The normalized spacial score (nSPS) is 15.2. The Morgan fingerprint density at radius 1 is 1.27 bits per heavy atom. The number of rotatable bonds is 6. The van der Waals surface area contributed by atoms with Crippen molar-refractivity contribution in [2.24, 2.45) is 5.92 Å². The van der Waals surface area contributed by atoms with Gasteiger partial charge in [0, 0.05) is 15.8 Å². The fourth-order valence-corrected chi connectivity index (χ4v) is 2.42. The van der Waals surface area contributed by atoms with E-state index in [1.54, 1.807) is 0 Å². The molecule has 0 aliphatic rings. The van der Waals surface area contributed by atoms with Crippen LogP contribution in [-0.2, 0) is 6.42 Å². The highest BCUT2D eigenvalue weighted by atomic mass is 32.1. The van der Waals surface area contributed by atoms with Crippen LogP contribution in [-0.4, -0.2) is 6.54 Å². The van der Waals surface area contributed by atoms with E-state index in [-0.39, 0.29) is 0 Å². The summed E-state index contributed by atoms with van der Waals surface area (Å²) in [5.74, 6) is 0.776. The molecular weight excluding hydrogens is 202 g/mol. The first-order valence-corrected chi connectivity index (χ1v) is 6.81. The first-order valence-electron chi connectivity index (χ1n) is 5.99. The number of hydrogen-bond donors (Lipinski definition) is 1. The SMILES string of the molecule is CCc1ccc(C(C)NCC(C)CC)s1. The molecule has 0 aliphatic carbocycles.